The van der Waals surface area contributed by atoms with Crippen LogP contribution < -0.4 is 5.73 Å². The summed E-state index contributed by atoms with van der Waals surface area (Å²) in [6, 6.07) is 5.65. The van der Waals surface area contributed by atoms with Crippen LogP contribution in [-0.2, 0) is 6.42 Å². The molecule has 0 amide bonds. The van der Waals surface area contributed by atoms with Gasteiger partial charge >= 0.3 is 0 Å². The summed E-state index contributed by atoms with van der Waals surface area (Å²) in [7, 11) is 0. The minimum absolute atomic E-state index is 0. The van der Waals surface area contributed by atoms with E-state index in [1.807, 2.05) is 12.1 Å². The molecule has 0 saturated heterocycles. The first-order chi connectivity index (χ1) is 5.77. The van der Waals surface area contributed by atoms with E-state index in [1.54, 1.807) is 6.07 Å². The molecule has 2 nitrogen and oxygen atoms in total. The number of benzene rings is 1. The number of hydrogen-bond acceptors (Lipinski definition) is 2. The molecule has 72 valence electrons. The van der Waals surface area contributed by atoms with Crippen LogP contribution in [0, 0.1) is 0 Å². The molecule has 0 heterocycles. The molecule has 0 aromatic heterocycles. The lowest BCUT2D eigenvalue weighted by molar-refractivity contribution is 0.471. The first kappa shape index (κ1) is 10.4. The van der Waals surface area contributed by atoms with Gasteiger partial charge in [-0.15, -0.1) is 12.4 Å². The number of hydrogen-bond donors (Lipinski definition) is 2. The first-order valence-corrected chi connectivity index (χ1v) is 4.35. The summed E-state index contributed by atoms with van der Waals surface area (Å²) in [6.07, 6.45) is 3.26. The van der Waals surface area contributed by atoms with Crippen molar-refractivity contribution in [2.75, 3.05) is 0 Å². The standard InChI is InChI=1S/C10H13NO.ClH/c11-10-3-1-2-7-6-8(12)4-5-9(7)10;/h4-6,10,12H,1-3,11H2;1H/t10-;/m1./s1. The molecule has 0 aliphatic heterocycles. The number of phenols is 1. The van der Waals surface area contributed by atoms with Gasteiger partial charge in [0.25, 0.3) is 0 Å². The van der Waals surface area contributed by atoms with Crippen molar-refractivity contribution in [1.82, 2.24) is 0 Å². The third-order valence-electron chi connectivity index (χ3n) is 2.49. The van der Waals surface area contributed by atoms with Crippen LogP contribution in [0.25, 0.3) is 0 Å². The molecule has 1 atom stereocenters. The molecule has 3 heteroatoms. The van der Waals surface area contributed by atoms with Gasteiger partial charge in [0.1, 0.15) is 5.75 Å². The van der Waals surface area contributed by atoms with E-state index >= 15 is 0 Å². The third kappa shape index (κ3) is 1.95. The molecule has 0 spiro atoms. The summed E-state index contributed by atoms with van der Waals surface area (Å²) in [5, 5.41) is 9.23. The lowest BCUT2D eigenvalue weighted by atomic mass is 9.88. The number of aryl methyl sites for hydroxylation is 1. The van der Waals surface area contributed by atoms with Gasteiger partial charge in [0.15, 0.2) is 0 Å². The van der Waals surface area contributed by atoms with E-state index in [9.17, 15) is 5.11 Å². The average Bonchev–Trinajstić information content (AvgIpc) is 2.04. The van der Waals surface area contributed by atoms with Gasteiger partial charge in [0, 0.05) is 6.04 Å². The number of aromatic hydroxyl groups is 1. The molecule has 1 aliphatic carbocycles. The second kappa shape index (κ2) is 3.99. The van der Waals surface area contributed by atoms with E-state index in [0.29, 0.717) is 5.75 Å². The van der Waals surface area contributed by atoms with E-state index in [2.05, 4.69) is 0 Å². The maximum Gasteiger partial charge on any atom is 0.115 e. The Morgan fingerprint density at radius 3 is 2.92 bits per heavy atom. The molecule has 0 radical (unpaired) electrons. The Bertz CT molecular complexity index is 301. The van der Waals surface area contributed by atoms with Crippen molar-refractivity contribution >= 4 is 12.4 Å². The van der Waals surface area contributed by atoms with Gasteiger partial charge < -0.3 is 10.8 Å². The monoisotopic (exact) mass is 199 g/mol. The molecular weight excluding hydrogens is 186 g/mol. The molecule has 1 aromatic rings. The van der Waals surface area contributed by atoms with Crippen molar-refractivity contribution in [3.05, 3.63) is 29.3 Å². The van der Waals surface area contributed by atoms with E-state index in [1.165, 1.54) is 11.1 Å². The Morgan fingerprint density at radius 1 is 1.38 bits per heavy atom. The number of rotatable bonds is 0. The van der Waals surface area contributed by atoms with Crippen LogP contribution in [0.3, 0.4) is 0 Å². The molecule has 13 heavy (non-hydrogen) atoms. The average molecular weight is 200 g/mol. The van der Waals surface area contributed by atoms with Gasteiger partial charge in [-0.3, -0.25) is 0 Å². The second-order valence-corrected chi connectivity index (χ2v) is 3.38. The molecular formula is C10H14ClNO. The quantitative estimate of drug-likeness (QED) is 0.673. The minimum Gasteiger partial charge on any atom is -0.508 e. The molecule has 3 N–H and O–H groups in total. The van der Waals surface area contributed by atoms with Crippen molar-refractivity contribution in [2.24, 2.45) is 5.73 Å². The van der Waals surface area contributed by atoms with Crippen LogP contribution in [0.5, 0.6) is 5.75 Å². The maximum absolute atomic E-state index is 9.23. The van der Waals surface area contributed by atoms with Crippen LogP contribution in [0.4, 0.5) is 0 Å². The highest BCUT2D eigenvalue weighted by atomic mass is 35.5. The van der Waals surface area contributed by atoms with E-state index in [0.717, 1.165) is 19.3 Å². The van der Waals surface area contributed by atoms with Crippen molar-refractivity contribution in [2.45, 2.75) is 25.3 Å². The molecule has 1 aliphatic rings. The predicted molar refractivity (Wildman–Crippen MR) is 55.2 cm³/mol. The Hall–Kier alpha value is -0.730. The van der Waals surface area contributed by atoms with Gasteiger partial charge in [-0.1, -0.05) is 6.07 Å². The third-order valence-corrected chi connectivity index (χ3v) is 2.49. The topological polar surface area (TPSA) is 46.2 Å². The van der Waals surface area contributed by atoms with Crippen LogP contribution in [0.15, 0.2) is 18.2 Å². The van der Waals surface area contributed by atoms with Crippen molar-refractivity contribution < 1.29 is 5.11 Å². The Kier molecular flexibility index (Phi) is 3.17. The highest BCUT2D eigenvalue weighted by Gasteiger charge is 2.16. The van der Waals surface area contributed by atoms with Gasteiger partial charge in [0.2, 0.25) is 0 Å². The van der Waals surface area contributed by atoms with Crippen molar-refractivity contribution in [3.63, 3.8) is 0 Å². The molecule has 2 rings (SSSR count). The summed E-state index contributed by atoms with van der Waals surface area (Å²) in [6.45, 7) is 0. The van der Waals surface area contributed by atoms with Crippen LogP contribution in [0.2, 0.25) is 0 Å². The highest BCUT2D eigenvalue weighted by molar-refractivity contribution is 5.85. The SMILES string of the molecule is Cl.N[C@@H]1CCCc2cc(O)ccc21. The van der Waals surface area contributed by atoms with Gasteiger partial charge in [0.05, 0.1) is 0 Å². The van der Waals surface area contributed by atoms with Gasteiger partial charge in [-0.2, -0.15) is 0 Å². The fraction of sp³-hybridized carbons (Fsp3) is 0.400. The maximum atomic E-state index is 9.23. The highest BCUT2D eigenvalue weighted by Crippen LogP contribution is 2.29. The number of phenolic OH excluding ortho intramolecular Hbond substituents is 1. The Balaban J connectivity index is 0.000000845. The Labute approximate surface area is 84.2 Å². The van der Waals surface area contributed by atoms with E-state index < -0.39 is 0 Å². The summed E-state index contributed by atoms with van der Waals surface area (Å²) in [4.78, 5) is 0. The predicted octanol–water partition coefficient (Wildman–Crippen LogP) is 2.15. The second-order valence-electron chi connectivity index (χ2n) is 3.38. The minimum atomic E-state index is 0. The normalized spacial score (nSPS) is 20.2. The fourth-order valence-electron chi connectivity index (χ4n) is 1.84. The molecule has 1 aromatic carbocycles. The molecule has 0 saturated carbocycles. The molecule has 0 unspecified atom stereocenters. The summed E-state index contributed by atoms with van der Waals surface area (Å²) in [5.74, 6) is 0.350. The number of fused-ring (bicyclic) bond motifs is 1. The lowest BCUT2D eigenvalue weighted by Gasteiger charge is -2.21. The van der Waals surface area contributed by atoms with E-state index in [4.69, 9.17) is 5.73 Å². The smallest absolute Gasteiger partial charge is 0.115 e. The van der Waals surface area contributed by atoms with Gasteiger partial charge in [-0.05, 0) is 42.5 Å². The zero-order valence-electron chi connectivity index (χ0n) is 7.36. The zero-order chi connectivity index (χ0) is 8.55. The fourth-order valence-corrected chi connectivity index (χ4v) is 1.84. The van der Waals surface area contributed by atoms with Crippen LogP contribution in [0.1, 0.15) is 30.0 Å². The van der Waals surface area contributed by atoms with Crippen molar-refractivity contribution in [1.29, 1.82) is 0 Å². The van der Waals surface area contributed by atoms with Crippen molar-refractivity contribution in [3.8, 4) is 5.75 Å². The summed E-state index contributed by atoms with van der Waals surface area (Å²) >= 11 is 0. The Morgan fingerprint density at radius 2 is 2.15 bits per heavy atom. The number of nitrogens with two attached hydrogens (primary N) is 1. The molecule has 0 bridgehead atoms. The number of halogens is 1. The first-order valence-electron chi connectivity index (χ1n) is 4.35. The van der Waals surface area contributed by atoms with Crippen LogP contribution in [-0.4, -0.2) is 5.11 Å². The largest absolute Gasteiger partial charge is 0.508 e. The lowest BCUT2D eigenvalue weighted by Crippen LogP contribution is -2.16. The van der Waals surface area contributed by atoms with Gasteiger partial charge in [-0.25, -0.2) is 0 Å². The van der Waals surface area contributed by atoms with E-state index in [-0.39, 0.29) is 18.4 Å². The van der Waals surface area contributed by atoms with Crippen LogP contribution >= 0.6 is 12.4 Å². The summed E-state index contributed by atoms with van der Waals surface area (Å²) < 4.78 is 0. The molecule has 0 fully saturated rings. The summed E-state index contributed by atoms with van der Waals surface area (Å²) in [5.41, 5.74) is 8.34. The zero-order valence-corrected chi connectivity index (χ0v) is 8.18.